The summed E-state index contributed by atoms with van der Waals surface area (Å²) in [7, 11) is 0.436. The number of Topliss-reactive ketones (excluding diaryl/α,β-unsaturated/α-hetero) is 1. The fourth-order valence-corrected chi connectivity index (χ4v) is 1.45. The van der Waals surface area contributed by atoms with Crippen LogP contribution in [0.15, 0.2) is 24.3 Å². The molecule has 80 valence electrons. The second kappa shape index (κ2) is 5.46. The SMILES string of the molecule is CC(=O)Cc1ccc(CC(=O)O[SiH3])cc1. The first-order chi connectivity index (χ1) is 7.11. The summed E-state index contributed by atoms with van der Waals surface area (Å²) in [5.74, 6) is -0.0531. The molecule has 0 aromatic heterocycles. The molecule has 1 aromatic rings. The lowest BCUT2D eigenvalue weighted by atomic mass is 10.1. The van der Waals surface area contributed by atoms with Crippen LogP contribution in [0.3, 0.4) is 0 Å². The molecular weight excluding hydrogens is 208 g/mol. The summed E-state index contributed by atoms with van der Waals surface area (Å²) in [5, 5.41) is 0. The highest BCUT2D eigenvalue weighted by Gasteiger charge is 2.02. The van der Waals surface area contributed by atoms with Gasteiger partial charge in [-0.15, -0.1) is 0 Å². The number of carbonyl (C=O) groups is 2. The predicted octanol–water partition coefficient (Wildman–Crippen LogP) is 0.184. The summed E-state index contributed by atoms with van der Waals surface area (Å²) in [4.78, 5) is 21.9. The van der Waals surface area contributed by atoms with Gasteiger partial charge >= 0.3 is 0 Å². The summed E-state index contributed by atoms with van der Waals surface area (Å²) < 4.78 is 4.69. The fraction of sp³-hybridized carbons (Fsp3) is 0.273. The van der Waals surface area contributed by atoms with Crippen molar-refractivity contribution in [3.05, 3.63) is 35.4 Å². The molecule has 4 heteroatoms. The van der Waals surface area contributed by atoms with E-state index in [1.165, 1.54) is 0 Å². The first-order valence-corrected chi connectivity index (χ1v) is 5.57. The smallest absolute Gasteiger partial charge is 0.296 e. The highest BCUT2D eigenvalue weighted by Crippen LogP contribution is 2.06. The number of ketones is 1. The van der Waals surface area contributed by atoms with E-state index in [2.05, 4.69) is 0 Å². The molecule has 0 amide bonds. The normalized spacial score (nSPS) is 9.93. The quantitative estimate of drug-likeness (QED) is 0.683. The Morgan fingerprint density at radius 1 is 1.13 bits per heavy atom. The van der Waals surface area contributed by atoms with Crippen LogP contribution in [0.5, 0.6) is 0 Å². The summed E-state index contributed by atoms with van der Waals surface area (Å²) in [5.41, 5.74) is 1.90. The third kappa shape index (κ3) is 4.08. The van der Waals surface area contributed by atoms with Gasteiger partial charge in [-0.05, 0) is 18.1 Å². The van der Waals surface area contributed by atoms with Crippen molar-refractivity contribution in [2.24, 2.45) is 0 Å². The van der Waals surface area contributed by atoms with Gasteiger partial charge in [0.15, 0.2) is 0 Å². The topological polar surface area (TPSA) is 43.4 Å². The van der Waals surface area contributed by atoms with Crippen molar-refractivity contribution in [3.63, 3.8) is 0 Å². The first-order valence-electron chi connectivity index (χ1n) is 4.76. The number of hydrogen-bond donors (Lipinski definition) is 0. The molecule has 0 spiro atoms. The molecule has 0 saturated heterocycles. The van der Waals surface area contributed by atoms with E-state index in [0.29, 0.717) is 23.3 Å². The zero-order valence-electron chi connectivity index (χ0n) is 8.95. The molecule has 0 bridgehead atoms. The van der Waals surface area contributed by atoms with Gasteiger partial charge in [0, 0.05) is 6.42 Å². The molecule has 1 rings (SSSR count). The van der Waals surface area contributed by atoms with E-state index in [1.807, 2.05) is 24.3 Å². The van der Waals surface area contributed by atoms with Crippen LogP contribution in [-0.2, 0) is 26.9 Å². The number of hydrogen-bond acceptors (Lipinski definition) is 3. The van der Waals surface area contributed by atoms with Crippen molar-refractivity contribution in [1.82, 2.24) is 0 Å². The molecule has 0 fully saturated rings. The summed E-state index contributed by atoms with van der Waals surface area (Å²) in [6.07, 6.45) is 0.759. The third-order valence-corrected chi connectivity index (χ3v) is 2.51. The number of rotatable bonds is 4. The van der Waals surface area contributed by atoms with Crippen LogP contribution >= 0.6 is 0 Å². The highest BCUT2D eigenvalue weighted by atomic mass is 28.2. The molecule has 0 heterocycles. The van der Waals surface area contributed by atoms with E-state index in [4.69, 9.17) is 4.43 Å². The second-order valence-electron chi connectivity index (χ2n) is 3.45. The van der Waals surface area contributed by atoms with Gasteiger partial charge in [0.05, 0.1) is 6.42 Å². The van der Waals surface area contributed by atoms with Gasteiger partial charge in [0.25, 0.3) is 5.97 Å². The van der Waals surface area contributed by atoms with E-state index in [-0.39, 0.29) is 11.8 Å². The van der Waals surface area contributed by atoms with E-state index < -0.39 is 0 Å². The van der Waals surface area contributed by atoms with E-state index in [9.17, 15) is 9.59 Å². The maximum Gasteiger partial charge on any atom is 0.296 e. The van der Waals surface area contributed by atoms with Gasteiger partial charge in [-0.3, -0.25) is 9.59 Å². The molecule has 0 radical (unpaired) electrons. The highest BCUT2D eigenvalue weighted by molar-refractivity contribution is 6.05. The molecule has 3 nitrogen and oxygen atoms in total. The average Bonchev–Trinajstić information content (AvgIpc) is 2.20. The zero-order valence-corrected chi connectivity index (χ0v) is 10.9. The van der Waals surface area contributed by atoms with Crippen LogP contribution in [0.25, 0.3) is 0 Å². The van der Waals surface area contributed by atoms with Crippen LogP contribution in [-0.4, -0.2) is 22.2 Å². The van der Waals surface area contributed by atoms with Crippen LogP contribution in [0.2, 0.25) is 0 Å². The van der Waals surface area contributed by atoms with E-state index in [1.54, 1.807) is 6.92 Å². The van der Waals surface area contributed by atoms with Crippen molar-refractivity contribution in [3.8, 4) is 0 Å². The van der Waals surface area contributed by atoms with E-state index >= 15 is 0 Å². The van der Waals surface area contributed by atoms with Crippen LogP contribution in [0, 0.1) is 0 Å². The monoisotopic (exact) mass is 222 g/mol. The van der Waals surface area contributed by atoms with Gasteiger partial charge in [0.2, 0.25) is 10.5 Å². The van der Waals surface area contributed by atoms with Crippen LogP contribution in [0.1, 0.15) is 18.1 Å². The molecule has 15 heavy (non-hydrogen) atoms. The van der Waals surface area contributed by atoms with Crippen molar-refractivity contribution in [2.45, 2.75) is 19.8 Å². The number of benzene rings is 1. The second-order valence-corrected chi connectivity index (χ2v) is 3.86. The minimum Gasteiger partial charge on any atom is -0.528 e. The third-order valence-electron chi connectivity index (χ3n) is 2.05. The zero-order chi connectivity index (χ0) is 11.3. The fourth-order valence-electron chi connectivity index (χ4n) is 1.30. The molecule has 0 N–H and O–H groups in total. The summed E-state index contributed by atoms with van der Waals surface area (Å²) in [6, 6.07) is 7.46. The first kappa shape index (κ1) is 11.7. The lowest BCUT2D eigenvalue weighted by molar-refractivity contribution is -0.133. The Morgan fingerprint density at radius 3 is 2.00 bits per heavy atom. The Balaban J connectivity index is 2.64. The van der Waals surface area contributed by atoms with Gasteiger partial charge < -0.3 is 4.43 Å². The molecular formula is C11H14O3Si. The van der Waals surface area contributed by atoms with Crippen LogP contribution < -0.4 is 0 Å². The molecule has 0 atom stereocenters. The maximum atomic E-state index is 11.0. The lowest BCUT2D eigenvalue weighted by Crippen LogP contribution is -2.05. The van der Waals surface area contributed by atoms with Crippen LogP contribution in [0.4, 0.5) is 0 Å². The van der Waals surface area contributed by atoms with Gasteiger partial charge in [-0.25, -0.2) is 0 Å². The molecule has 0 aliphatic carbocycles. The number of carbonyl (C=O) groups excluding carboxylic acids is 2. The standard InChI is InChI=1S/C11H14O3Si/c1-8(12)6-9-2-4-10(5-3-9)7-11(13)14-15/h2-5H,6-7H2,1,15H3. The minimum absolute atomic E-state index is 0.140. The van der Waals surface area contributed by atoms with Crippen molar-refractivity contribution in [2.75, 3.05) is 0 Å². The predicted molar refractivity (Wildman–Crippen MR) is 60.6 cm³/mol. The van der Waals surface area contributed by atoms with E-state index in [0.717, 1.165) is 11.1 Å². The minimum atomic E-state index is -0.194. The van der Waals surface area contributed by atoms with Crippen molar-refractivity contribution < 1.29 is 14.0 Å². The summed E-state index contributed by atoms with van der Waals surface area (Å²) >= 11 is 0. The van der Waals surface area contributed by atoms with Gasteiger partial charge in [-0.2, -0.15) is 0 Å². The largest absolute Gasteiger partial charge is 0.528 e. The van der Waals surface area contributed by atoms with Crippen molar-refractivity contribution >= 4 is 22.2 Å². The van der Waals surface area contributed by atoms with Gasteiger partial charge in [0.1, 0.15) is 5.78 Å². The Kier molecular flexibility index (Phi) is 4.24. The Morgan fingerprint density at radius 2 is 1.60 bits per heavy atom. The Hall–Kier alpha value is -1.42. The van der Waals surface area contributed by atoms with Crippen molar-refractivity contribution in [1.29, 1.82) is 0 Å². The lowest BCUT2D eigenvalue weighted by Gasteiger charge is -2.02. The Bertz CT molecular complexity index is 357. The molecule has 0 saturated carbocycles. The molecule has 0 aliphatic rings. The van der Waals surface area contributed by atoms with Gasteiger partial charge in [-0.1, -0.05) is 24.3 Å². The Labute approximate surface area is 92.0 Å². The molecule has 1 aromatic carbocycles. The molecule has 0 unspecified atom stereocenters. The molecule has 0 aliphatic heterocycles. The summed E-state index contributed by atoms with van der Waals surface area (Å²) in [6.45, 7) is 1.56. The maximum absolute atomic E-state index is 11.0. The average molecular weight is 222 g/mol.